The molecule has 0 N–H and O–H groups in total. The van der Waals surface area contributed by atoms with Crippen LogP contribution in [0.25, 0.3) is 0 Å². The molecule has 0 spiro atoms. The predicted octanol–water partition coefficient (Wildman–Crippen LogP) is 3.97. The lowest BCUT2D eigenvalue weighted by Gasteiger charge is -2.21. The highest BCUT2D eigenvalue weighted by Gasteiger charge is 2.07. The van der Waals surface area contributed by atoms with Gasteiger partial charge in [-0.05, 0) is 36.6 Å². The molecule has 0 saturated heterocycles. The second-order valence-corrected chi connectivity index (χ2v) is 5.47. The first kappa shape index (κ1) is 16.2. The van der Waals surface area contributed by atoms with Crippen molar-refractivity contribution in [2.24, 2.45) is 0 Å². The molecule has 4 heteroatoms. The first-order chi connectivity index (χ1) is 10.6. The maximum absolute atomic E-state index is 10.7. The van der Waals surface area contributed by atoms with Crippen molar-refractivity contribution in [2.75, 3.05) is 13.1 Å². The second-order valence-electron chi connectivity index (χ2n) is 5.47. The maximum Gasteiger partial charge on any atom is 0.269 e. The van der Waals surface area contributed by atoms with E-state index in [1.807, 2.05) is 12.1 Å². The summed E-state index contributed by atoms with van der Waals surface area (Å²) in [5.74, 6) is 0. The average Bonchev–Trinajstić information content (AvgIpc) is 2.53. The standard InChI is InChI=1S/C18H22N2O2/c1-3-19(14-17-7-5-4-6-15(17)2)13-12-16-8-10-18(11-9-16)20(21)22/h4-11H,3,12-14H2,1-2H3. The number of nitro benzene ring substituents is 1. The van der Waals surface area contributed by atoms with Crippen molar-refractivity contribution in [3.63, 3.8) is 0 Å². The zero-order chi connectivity index (χ0) is 15.9. The fraction of sp³-hybridized carbons (Fsp3) is 0.333. The highest BCUT2D eigenvalue weighted by atomic mass is 16.6. The molecule has 0 amide bonds. The van der Waals surface area contributed by atoms with Gasteiger partial charge in [0.1, 0.15) is 0 Å². The van der Waals surface area contributed by atoms with Gasteiger partial charge in [-0.3, -0.25) is 15.0 Å². The largest absolute Gasteiger partial charge is 0.299 e. The number of nitrogens with zero attached hydrogens (tertiary/aromatic N) is 2. The molecule has 0 aliphatic rings. The van der Waals surface area contributed by atoms with Crippen molar-refractivity contribution in [3.8, 4) is 0 Å². The summed E-state index contributed by atoms with van der Waals surface area (Å²) < 4.78 is 0. The number of likely N-dealkylation sites (N-methyl/N-ethyl adjacent to an activating group) is 1. The van der Waals surface area contributed by atoms with E-state index >= 15 is 0 Å². The van der Waals surface area contributed by atoms with Gasteiger partial charge in [0, 0.05) is 25.2 Å². The molecule has 22 heavy (non-hydrogen) atoms. The van der Waals surface area contributed by atoms with Crippen LogP contribution in [0.4, 0.5) is 5.69 Å². The van der Waals surface area contributed by atoms with Crippen molar-refractivity contribution in [3.05, 3.63) is 75.3 Å². The number of nitro groups is 1. The molecule has 0 heterocycles. The highest BCUT2D eigenvalue weighted by molar-refractivity contribution is 5.33. The molecule has 0 aliphatic heterocycles. The Kier molecular flexibility index (Phi) is 5.67. The van der Waals surface area contributed by atoms with Crippen molar-refractivity contribution in [2.45, 2.75) is 26.8 Å². The average molecular weight is 298 g/mol. The van der Waals surface area contributed by atoms with E-state index in [0.29, 0.717) is 0 Å². The minimum Gasteiger partial charge on any atom is -0.299 e. The van der Waals surface area contributed by atoms with Crippen LogP contribution in [0.15, 0.2) is 48.5 Å². The lowest BCUT2D eigenvalue weighted by atomic mass is 10.1. The molecule has 2 aromatic rings. The van der Waals surface area contributed by atoms with Gasteiger partial charge in [-0.15, -0.1) is 0 Å². The van der Waals surface area contributed by atoms with Gasteiger partial charge >= 0.3 is 0 Å². The zero-order valence-corrected chi connectivity index (χ0v) is 13.2. The molecule has 0 unspecified atom stereocenters. The third-order valence-electron chi connectivity index (χ3n) is 3.97. The van der Waals surface area contributed by atoms with Crippen LogP contribution < -0.4 is 0 Å². The molecule has 2 aromatic carbocycles. The quantitative estimate of drug-likeness (QED) is 0.574. The molecule has 4 nitrogen and oxygen atoms in total. The van der Waals surface area contributed by atoms with E-state index in [2.05, 4.69) is 43.0 Å². The topological polar surface area (TPSA) is 46.4 Å². The fourth-order valence-corrected chi connectivity index (χ4v) is 2.45. The van der Waals surface area contributed by atoms with E-state index in [0.717, 1.165) is 31.6 Å². The number of hydrogen-bond acceptors (Lipinski definition) is 3. The molecule has 0 saturated carbocycles. The van der Waals surface area contributed by atoms with E-state index in [-0.39, 0.29) is 10.6 Å². The minimum absolute atomic E-state index is 0.149. The van der Waals surface area contributed by atoms with E-state index in [4.69, 9.17) is 0 Å². The van der Waals surface area contributed by atoms with Crippen molar-refractivity contribution in [1.82, 2.24) is 4.90 Å². The number of non-ortho nitro benzene ring substituents is 1. The van der Waals surface area contributed by atoms with Gasteiger partial charge < -0.3 is 0 Å². The number of rotatable bonds is 7. The Hall–Kier alpha value is -2.20. The Labute approximate surface area is 131 Å². The molecule has 0 bridgehead atoms. The van der Waals surface area contributed by atoms with Crippen LogP contribution in [0, 0.1) is 17.0 Å². The summed E-state index contributed by atoms with van der Waals surface area (Å²) in [5.41, 5.74) is 3.95. The van der Waals surface area contributed by atoms with Crippen LogP contribution in [-0.4, -0.2) is 22.9 Å². The van der Waals surface area contributed by atoms with Crippen LogP contribution in [0.5, 0.6) is 0 Å². The summed E-state index contributed by atoms with van der Waals surface area (Å²) in [6, 6.07) is 15.3. The number of aryl methyl sites for hydroxylation is 1. The SMILES string of the molecule is CCN(CCc1ccc([N+](=O)[O-])cc1)Cc1ccccc1C. The molecule has 0 aromatic heterocycles. The van der Waals surface area contributed by atoms with E-state index in [1.165, 1.54) is 11.1 Å². The Balaban J connectivity index is 1.93. The molecule has 0 atom stereocenters. The van der Waals surface area contributed by atoms with E-state index in [1.54, 1.807) is 12.1 Å². The first-order valence-corrected chi connectivity index (χ1v) is 7.60. The summed E-state index contributed by atoms with van der Waals surface area (Å²) in [4.78, 5) is 12.7. The van der Waals surface area contributed by atoms with Crippen LogP contribution in [0.2, 0.25) is 0 Å². The fourth-order valence-electron chi connectivity index (χ4n) is 2.45. The third-order valence-corrected chi connectivity index (χ3v) is 3.97. The summed E-state index contributed by atoms with van der Waals surface area (Å²) in [6.45, 7) is 7.17. The normalized spacial score (nSPS) is 10.9. The summed E-state index contributed by atoms with van der Waals surface area (Å²) >= 11 is 0. The van der Waals surface area contributed by atoms with Crippen LogP contribution in [-0.2, 0) is 13.0 Å². The Bertz CT molecular complexity index is 623. The Morgan fingerprint density at radius 1 is 1.09 bits per heavy atom. The van der Waals surface area contributed by atoms with Gasteiger partial charge in [0.05, 0.1) is 4.92 Å². The molecule has 0 radical (unpaired) electrons. The van der Waals surface area contributed by atoms with E-state index < -0.39 is 0 Å². The van der Waals surface area contributed by atoms with Gasteiger partial charge in [0.15, 0.2) is 0 Å². The van der Waals surface area contributed by atoms with Gasteiger partial charge in [-0.25, -0.2) is 0 Å². The monoisotopic (exact) mass is 298 g/mol. The van der Waals surface area contributed by atoms with Gasteiger partial charge in [-0.1, -0.05) is 43.3 Å². The minimum atomic E-state index is -0.361. The second kappa shape index (κ2) is 7.71. The van der Waals surface area contributed by atoms with E-state index in [9.17, 15) is 10.1 Å². The molecular formula is C18H22N2O2. The van der Waals surface area contributed by atoms with Crippen LogP contribution in [0.1, 0.15) is 23.6 Å². The third kappa shape index (κ3) is 4.40. The van der Waals surface area contributed by atoms with Gasteiger partial charge in [-0.2, -0.15) is 0 Å². The van der Waals surface area contributed by atoms with Gasteiger partial charge in [0.25, 0.3) is 5.69 Å². The Morgan fingerprint density at radius 3 is 2.36 bits per heavy atom. The Morgan fingerprint density at radius 2 is 1.77 bits per heavy atom. The summed E-state index contributed by atoms with van der Waals surface area (Å²) in [6.07, 6.45) is 0.901. The predicted molar refractivity (Wildman–Crippen MR) is 88.9 cm³/mol. The number of hydrogen-bond donors (Lipinski definition) is 0. The maximum atomic E-state index is 10.7. The summed E-state index contributed by atoms with van der Waals surface area (Å²) in [7, 11) is 0. The smallest absolute Gasteiger partial charge is 0.269 e. The van der Waals surface area contributed by atoms with Crippen molar-refractivity contribution >= 4 is 5.69 Å². The van der Waals surface area contributed by atoms with Crippen molar-refractivity contribution < 1.29 is 4.92 Å². The van der Waals surface area contributed by atoms with Crippen LogP contribution >= 0.6 is 0 Å². The van der Waals surface area contributed by atoms with Crippen molar-refractivity contribution in [1.29, 1.82) is 0 Å². The molecule has 2 rings (SSSR count). The van der Waals surface area contributed by atoms with Crippen LogP contribution in [0.3, 0.4) is 0 Å². The summed E-state index contributed by atoms with van der Waals surface area (Å²) in [5, 5.41) is 10.7. The highest BCUT2D eigenvalue weighted by Crippen LogP contribution is 2.14. The lowest BCUT2D eigenvalue weighted by molar-refractivity contribution is -0.384. The molecule has 116 valence electrons. The molecular weight excluding hydrogens is 276 g/mol. The number of benzene rings is 2. The first-order valence-electron chi connectivity index (χ1n) is 7.60. The molecule has 0 aliphatic carbocycles. The van der Waals surface area contributed by atoms with Gasteiger partial charge in [0.2, 0.25) is 0 Å². The zero-order valence-electron chi connectivity index (χ0n) is 13.2. The lowest BCUT2D eigenvalue weighted by Crippen LogP contribution is -2.25. The molecule has 0 fully saturated rings.